The maximum Gasteiger partial charge on any atom is 0.251 e. The van der Waals surface area contributed by atoms with Gasteiger partial charge in [0, 0.05) is 31.5 Å². The number of para-hydroxylation sites is 1. The number of aromatic nitrogens is 2. The molecule has 1 aromatic carbocycles. The largest absolute Gasteiger partial charge is 0.458 e. The van der Waals surface area contributed by atoms with E-state index < -0.39 is 24.5 Å². The first-order chi connectivity index (χ1) is 14.0. The van der Waals surface area contributed by atoms with Gasteiger partial charge in [0.15, 0.2) is 5.82 Å². The van der Waals surface area contributed by atoms with Crippen molar-refractivity contribution < 1.29 is 23.8 Å². The first-order valence-corrected chi connectivity index (χ1v) is 9.34. The normalized spacial score (nSPS) is 14.7. The van der Waals surface area contributed by atoms with Crippen molar-refractivity contribution in [2.75, 3.05) is 25.1 Å². The van der Waals surface area contributed by atoms with Crippen LogP contribution >= 0.6 is 11.6 Å². The predicted molar refractivity (Wildman–Crippen MR) is 104 cm³/mol. The topological polar surface area (TPSA) is 96.7 Å². The summed E-state index contributed by atoms with van der Waals surface area (Å²) in [6.45, 7) is -0.614. The smallest absolute Gasteiger partial charge is 0.251 e. The van der Waals surface area contributed by atoms with Crippen LogP contribution in [-0.2, 0) is 16.1 Å². The summed E-state index contributed by atoms with van der Waals surface area (Å²) in [4.78, 5) is 25.9. The number of carbonyl (C=O) groups is 2. The SMILES string of the molecule is O=C(Nc1ccn(CCCO)n1)C(CF)N1CC(Oc2ccccc2Cl)=CC1=O. The summed E-state index contributed by atoms with van der Waals surface area (Å²) in [6, 6.07) is 6.99. The third-order valence-corrected chi connectivity index (χ3v) is 4.55. The number of anilines is 1. The van der Waals surface area contributed by atoms with Gasteiger partial charge in [-0.3, -0.25) is 14.3 Å². The second-order valence-corrected chi connectivity index (χ2v) is 6.72. The van der Waals surface area contributed by atoms with Crippen molar-refractivity contribution in [2.45, 2.75) is 19.0 Å². The monoisotopic (exact) mass is 422 g/mol. The molecule has 0 aliphatic carbocycles. The zero-order chi connectivity index (χ0) is 20.8. The first kappa shape index (κ1) is 20.8. The van der Waals surface area contributed by atoms with Gasteiger partial charge in [-0.25, -0.2) is 4.39 Å². The molecule has 29 heavy (non-hydrogen) atoms. The van der Waals surface area contributed by atoms with Crippen LogP contribution in [0.25, 0.3) is 0 Å². The molecule has 0 radical (unpaired) electrons. The first-order valence-electron chi connectivity index (χ1n) is 8.96. The van der Waals surface area contributed by atoms with Crippen molar-refractivity contribution in [3.05, 3.63) is 53.4 Å². The van der Waals surface area contributed by atoms with Gasteiger partial charge >= 0.3 is 0 Å². The molecule has 0 spiro atoms. The van der Waals surface area contributed by atoms with E-state index in [2.05, 4.69) is 10.4 Å². The van der Waals surface area contributed by atoms with Gasteiger partial charge in [0.1, 0.15) is 24.2 Å². The average Bonchev–Trinajstić information content (AvgIpc) is 3.29. The number of hydrogen-bond donors (Lipinski definition) is 2. The zero-order valence-corrected chi connectivity index (χ0v) is 16.2. The molecule has 8 nitrogen and oxygen atoms in total. The van der Waals surface area contributed by atoms with Crippen molar-refractivity contribution in [3.8, 4) is 5.75 Å². The number of nitrogens with zero attached hydrogens (tertiary/aromatic N) is 3. The number of nitrogens with one attached hydrogen (secondary N) is 1. The van der Waals surface area contributed by atoms with E-state index in [-0.39, 0.29) is 24.7 Å². The van der Waals surface area contributed by atoms with E-state index in [0.29, 0.717) is 23.7 Å². The van der Waals surface area contributed by atoms with Crippen LogP contribution in [-0.4, -0.2) is 57.5 Å². The molecule has 0 saturated heterocycles. The van der Waals surface area contributed by atoms with E-state index in [1.165, 1.54) is 6.08 Å². The van der Waals surface area contributed by atoms with Gasteiger partial charge in [0.2, 0.25) is 0 Å². The molecule has 1 aliphatic rings. The Balaban J connectivity index is 1.62. The Morgan fingerprint density at radius 2 is 2.17 bits per heavy atom. The number of aliphatic hydroxyl groups is 1. The Kier molecular flexibility index (Phi) is 6.84. The van der Waals surface area contributed by atoms with Crippen LogP contribution in [0.3, 0.4) is 0 Å². The molecular formula is C19H20ClFN4O4. The average molecular weight is 423 g/mol. The summed E-state index contributed by atoms with van der Waals surface area (Å²) in [5, 5.41) is 15.9. The van der Waals surface area contributed by atoms with Crippen LogP contribution in [0.2, 0.25) is 5.02 Å². The third kappa shape index (κ3) is 5.12. The van der Waals surface area contributed by atoms with Crippen LogP contribution in [0.4, 0.5) is 10.2 Å². The highest BCUT2D eigenvalue weighted by Crippen LogP contribution is 2.27. The van der Waals surface area contributed by atoms with E-state index in [1.807, 2.05) is 0 Å². The van der Waals surface area contributed by atoms with E-state index >= 15 is 0 Å². The van der Waals surface area contributed by atoms with E-state index in [0.717, 1.165) is 4.90 Å². The molecule has 1 aliphatic heterocycles. The number of alkyl halides is 1. The molecule has 0 fully saturated rings. The number of carbonyl (C=O) groups excluding carboxylic acids is 2. The van der Waals surface area contributed by atoms with E-state index in [1.54, 1.807) is 41.2 Å². The summed E-state index contributed by atoms with van der Waals surface area (Å²) in [6.07, 6.45) is 3.36. The van der Waals surface area contributed by atoms with Gasteiger partial charge in [-0.2, -0.15) is 5.10 Å². The lowest BCUT2D eigenvalue weighted by molar-refractivity contribution is -0.133. The Labute approximate surface area is 171 Å². The number of rotatable bonds is 9. The number of ether oxygens (including phenoxy) is 1. The summed E-state index contributed by atoms with van der Waals surface area (Å²) < 4.78 is 20.8. The van der Waals surface area contributed by atoms with E-state index in [4.69, 9.17) is 21.4 Å². The maximum absolute atomic E-state index is 13.6. The van der Waals surface area contributed by atoms with Gasteiger partial charge < -0.3 is 20.1 Å². The Morgan fingerprint density at radius 1 is 1.38 bits per heavy atom. The van der Waals surface area contributed by atoms with Crippen molar-refractivity contribution in [3.63, 3.8) is 0 Å². The molecule has 2 heterocycles. The molecule has 0 bridgehead atoms. The molecule has 2 amide bonds. The van der Waals surface area contributed by atoms with Crippen LogP contribution in [0.5, 0.6) is 5.75 Å². The molecule has 154 valence electrons. The number of benzene rings is 1. The number of hydrogen-bond acceptors (Lipinski definition) is 5. The molecular weight excluding hydrogens is 403 g/mol. The van der Waals surface area contributed by atoms with Crippen LogP contribution in [0.1, 0.15) is 6.42 Å². The summed E-state index contributed by atoms with van der Waals surface area (Å²) >= 11 is 6.04. The third-order valence-electron chi connectivity index (χ3n) is 4.23. The van der Waals surface area contributed by atoms with Crippen LogP contribution < -0.4 is 10.1 Å². The molecule has 10 heteroatoms. The lowest BCUT2D eigenvalue weighted by Crippen LogP contribution is -2.47. The standard InChI is InChI=1S/C19H20ClFN4O4/c20-14-4-1-2-5-16(14)29-13-10-18(27)25(12-13)15(11-21)19(28)22-17-6-8-24(23-17)7-3-9-26/h1-2,4-6,8,10,15,26H,3,7,9,11-12H2,(H,22,23,28). The molecule has 2 N–H and O–H groups in total. The Hall–Kier alpha value is -2.91. The van der Waals surface area contributed by atoms with Crippen molar-refractivity contribution in [1.29, 1.82) is 0 Å². The van der Waals surface area contributed by atoms with Gasteiger partial charge in [-0.1, -0.05) is 23.7 Å². The van der Waals surface area contributed by atoms with Gasteiger partial charge in [-0.05, 0) is 18.6 Å². The lowest BCUT2D eigenvalue weighted by Gasteiger charge is -2.24. The fraction of sp³-hybridized carbons (Fsp3) is 0.316. The predicted octanol–water partition coefficient (Wildman–Crippen LogP) is 2.00. The number of amides is 2. The van der Waals surface area contributed by atoms with Gasteiger partial charge in [0.25, 0.3) is 11.8 Å². The minimum atomic E-state index is -1.33. The second-order valence-electron chi connectivity index (χ2n) is 6.31. The minimum Gasteiger partial charge on any atom is -0.458 e. The number of aliphatic hydroxyl groups excluding tert-OH is 1. The molecule has 3 rings (SSSR count). The van der Waals surface area contributed by atoms with Gasteiger partial charge in [0.05, 0.1) is 11.6 Å². The highest BCUT2D eigenvalue weighted by Gasteiger charge is 2.34. The highest BCUT2D eigenvalue weighted by molar-refractivity contribution is 6.32. The fourth-order valence-electron chi connectivity index (χ4n) is 2.80. The fourth-order valence-corrected chi connectivity index (χ4v) is 2.97. The molecule has 1 unspecified atom stereocenters. The molecule has 1 aromatic heterocycles. The second kappa shape index (κ2) is 9.53. The summed E-state index contributed by atoms with van der Waals surface area (Å²) in [5.41, 5.74) is 0. The molecule has 2 aromatic rings. The number of aryl methyl sites for hydroxylation is 1. The Bertz CT molecular complexity index is 917. The number of halogens is 2. The quantitative estimate of drug-likeness (QED) is 0.644. The maximum atomic E-state index is 13.6. The zero-order valence-electron chi connectivity index (χ0n) is 15.4. The minimum absolute atomic E-state index is 0.0220. The summed E-state index contributed by atoms with van der Waals surface area (Å²) in [7, 11) is 0. The van der Waals surface area contributed by atoms with Crippen LogP contribution in [0.15, 0.2) is 48.4 Å². The van der Waals surface area contributed by atoms with Crippen molar-refractivity contribution >= 4 is 29.2 Å². The van der Waals surface area contributed by atoms with E-state index in [9.17, 15) is 14.0 Å². The molecule has 1 atom stereocenters. The van der Waals surface area contributed by atoms with Crippen molar-refractivity contribution in [1.82, 2.24) is 14.7 Å². The molecule has 0 saturated carbocycles. The summed E-state index contributed by atoms with van der Waals surface area (Å²) in [5.74, 6) is -0.357. The van der Waals surface area contributed by atoms with Crippen LogP contribution in [0, 0.1) is 0 Å². The van der Waals surface area contributed by atoms with Crippen molar-refractivity contribution in [2.24, 2.45) is 0 Å². The lowest BCUT2D eigenvalue weighted by atomic mass is 10.2. The Morgan fingerprint density at radius 3 is 2.90 bits per heavy atom. The van der Waals surface area contributed by atoms with Gasteiger partial charge in [-0.15, -0.1) is 0 Å². The highest BCUT2D eigenvalue weighted by atomic mass is 35.5.